The molecule has 7 nitrogen and oxygen atoms in total. The van der Waals surface area contributed by atoms with Crippen LogP contribution in [0.2, 0.25) is 0 Å². The first-order valence-corrected chi connectivity index (χ1v) is 9.72. The summed E-state index contributed by atoms with van der Waals surface area (Å²) >= 11 is 0. The number of anilines is 1. The summed E-state index contributed by atoms with van der Waals surface area (Å²) in [5.41, 5.74) is 1.25. The summed E-state index contributed by atoms with van der Waals surface area (Å²) in [7, 11) is -1.45. The van der Waals surface area contributed by atoms with Gasteiger partial charge in [0.05, 0.1) is 23.2 Å². The molecule has 1 aromatic heterocycles. The first kappa shape index (κ1) is 17.5. The second-order valence-corrected chi connectivity index (χ2v) is 8.79. The number of carbonyl (C=O) groups is 1. The van der Waals surface area contributed by atoms with Crippen LogP contribution in [0.5, 0.6) is 0 Å². The van der Waals surface area contributed by atoms with Crippen LogP contribution in [-0.2, 0) is 22.6 Å². The third-order valence-corrected chi connectivity index (χ3v) is 6.22. The van der Waals surface area contributed by atoms with Crippen LogP contribution in [0.1, 0.15) is 36.2 Å². The molecule has 1 fully saturated rings. The van der Waals surface area contributed by atoms with Gasteiger partial charge in [0.15, 0.2) is 0 Å². The normalized spacial score (nSPS) is 16.8. The fourth-order valence-corrected chi connectivity index (χ4v) is 4.46. The molecule has 1 aromatic carbocycles. The summed E-state index contributed by atoms with van der Waals surface area (Å²) in [5.74, 6) is -0.107. The molecule has 0 radical (unpaired) electrons. The van der Waals surface area contributed by atoms with Gasteiger partial charge in [-0.3, -0.25) is 13.8 Å². The highest BCUT2D eigenvalue weighted by atomic mass is 32.2. The van der Waals surface area contributed by atoms with Crippen LogP contribution in [-0.4, -0.2) is 36.4 Å². The monoisotopic (exact) mass is 362 g/mol. The second-order valence-electron chi connectivity index (χ2n) is 6.77. The molecular formula is C17H22N4O3S. The lowest BCUT2D eigenvalue weighted by Gasteiger charge is -2.25. The molecule has 2 aromatic rings. The standard InChI is InChI=1S/C17H22N4O3S/c1-17(2,14-11-18-20(3)12-14)19-16(22)13-6-4-7-15(10-13)21-8-5-9-25(21,23)24/h4,6-7,10-12H,5,8-9H2,1-3H3,(H,19,22). The molecule has 1 N–H and O–H groups in total. The number of aromatic nitrogens is 2. The largest absolute Gasteiger partial charge is 0.343 e. The number of rotatable bonds is 4. The zero-order valence-corrected chi connectivity index (χ0v) is 15.4. The summed E-state index contributed by atoms with van der Waals surface area (Å²) in [6.45, 7) is 4.25. The summed E-state index contributed by atoms with van der Waals surface area (Å²) in [4.78, 5) is 12.7. The lowest BCUT2D eigenvalue weighted by molar-refractivity contribution is 0.0912. The third kappa shape index (κ3) is 3.53. The topological polar surface area (TPSA) is 84.3 Å². The highest BCUT2D eigenvalue weighted by Crippen LogP contribution is 2.25. The predicted molar refractivity (Wildman–Crippen MR) is 95.9 cm³/mol. The molecule has 1 aliphatic heterocycles. The van der Waals surface area contributed by atoms with Crippen LogP contribution in [0.4, 0.5) is 5.69 Å². The molecule has 0 aliphatic carbocycles. The zero-order valence-electron chi connectivity index (χ0n) is 14.6. The summed E-state index contributed by atoms with van der Waals surface area (Å²) < 4.78 is 27.2. The van der Waals surface area contributed by atoms with E-state index in [2.05, 4.69) is 10.4 Å². The lowest BCUT2D eigenvalue weighted by atomic mass is 9.97. The van der Waals surface area contributed by atoms with Crippen LogP contribution >= 0.6 is 0 Å². The maximum absolute atomic E-state index is 12.7. The number of hydrogen-bond acceptors (Lipinski definition) is 4. The first-order valence-electron chi connectivity index (χ1n) is 8.11. The Balaban J connectivity index is 1.82. The molecule has 1 aliphatic rings. The average Bonchev–Trinajstić information content (AvgIpc) is 3.12. The van der Waals surface area contributed by atoms with Crippen LogP contribution < -0.4 is 9.62 Å². The van der Waals surface area contributed by atoms with Crippen LogP contribution in [0.25, 0.3) is 0 Å². The van der Waals surface area contributed by atoms with E-state index in [1.165, 1.54) is 4.31 Å². The number of hydrogen-bond donors (Lipinski definition) is 1. The van der Waals surface area contributed by atoms with Crippen LogP contribution in [0.15, 0.2) is 36.7 Å². The Bertz CT molecular complexity index is 902. The number of aryl methyl sites for hydroxylation is 1. The Hall–Kier alpha value is -2.35. The molecule has 2 heterocycles. The summed E-state index contributed by atoms with van der Waals surface area (Å²) in [6, 6.07) is 6.72. The fraction of sp³-hybridized carbons (Fsp3) is 0.412. The number of carbonyl (C=O) groups excluding carboxylic acids is 1. The fourth-order valence-electron chi connectivity index (χ4n) is 2.90. The molecule has 3 rings (SSSR count). The summed E-state index contributed by atoms with van der Waals surface area (Å²) in [6.07, 6.45) is 4.17. The molecule has 8 heteroatoms. The van der Waals surface area contributed by atoms with Crippen molar-refractivity contribution in [2.24, 2.45) is 7.05 Å². The molecule has 1 amide bonds. The Kier molecular flexibility index (Phi) is 4.32. The predicted octanol–water partition coefficient (Wildman–Crippen LogP) is 1.63. The van der Waals surface area contributed by atoms with Crippen molar-refractivity contribution in [3.63, 3.8) is 0 Å². The number of sulfonamides is 1. The van der Waals surface area contributed by atoms with Crippen molar-refractivity contribution in [1.82, 2.24) is 15.1 Å². The molecule has 134 valence electrons. The highest BCUT2D eigenvalue weighted by molar-refractivity contribution is 7.93. The molecule has 0 saturated carbocycles. The van der Waals surface area contributed by atoms with Crippen LogP contribution in [0.3, 0.4) is 0 Å². The van der Waals surface area contributed by atoms with Crippen molar-refractivity contribution >= 4 is 21.6 Å². The smallest absolute Gasteiger partial charge is 0.252 e. The first-order chi connectivity index (χ1) is 11.7. The minimum Gasteiger partial charge on any atom is -0.343 e. The van der Waals surface area contributed by atoms with Gasteiger partial charge in [0.2, 0.25) is 10.0 Å². The second kappa shape index (κ2) is 6.18. The molecule has 25 heavy (non-hydrogen) atoms. The van der Waals surface area contributed by atoms with Crippen LogP contribution in [0, 0.1) is 0 Å². The minimum atomic E-state index is -3.27. The number of nitrogens with one attached hydrogen (secondary N) is 1. The minimum absolute atomic E-state index is 0.150. The Morgan fingerprint density at radius 2 is 2.08 bits per heavy atom. The van der Waals surface area contributed by atoms with Crippen molar-refractivity contribution in [1.29, 1.82) is 0 Å². The quantitative estimate of drug-likeness (QED) is 0.896. The SMILES string of the molecule is Cn1cc(C(C)(C)NC(=O)c2cccc(N3CCCS3(=O)=O)c2)cn1. The lowest BCUT2D eigenvalue weighted by Crippen LogP contribution is -2.40. The van der Waals surface area contributed by atoms with Crippen molar-refractivity contribution in [2.75, 3.05) is 16.6 Å². The maximum atomic E-state index is 12.7. The van der Waals surface area contributed by atoms with Gasteiger partial charge in [-0.05, 0) is 38.5 Å². The van der Waals surface area contributed by atoms with Gasteiger partial charge in [-0.1, -0.05) is 6.07 Å². The van der Waals surface area contributed by atoms with Gasteiger partial charge in [-0.2, -0.15) is 5.10 Å². The van der Waals surface area contributed by atoms with E-state index in [-0.39, 0.29) is 11.7 Å². The Labute approximate surface area is 147 Å². The van der Waals surface area contributed by atoms with Gasteiger partial charge in [0.25, 0.3) is 5.91 Å². The molecule has 0 bridgehead atoms. The zero-order chi connectivity index (χ0) is 18.2. The van der Waals surface area contributed by atoms with E-state index in [0.29, 0.717) is 24.2 Å². The van der Waals surface area contributed by atoms with E-state index in [0.717, 1.165) is 5.56 Å². The van der Waals surface area contributed by atoms with Crippen molar-refractivity contribution in [2.45, 2.75) is 25.8 Å². The van der Waals surface area contributed by atoms with Gasteiger partial charge >= 0.3 is 0 Å². The van der Waals surface area contributed by atoms with Crippen molar-refractivity contribution < 1.29 is 13.2 Å². The van der Waals surface area contributed by atoms with E-state index < -0.39 is 15.6 Å². The average molecular weight is 362 g/mol. The molecule has 0 unspecified atom stereocenters. The van der Waals surface area contributed by atoms with E-state index in [9.17, 15) is 13.2 Å². The van der Waals surface area contributed by atoms with Gasteiger partial charge in [0, 0.05) is 30.9 Å². The van der Waals surface area contributed by atoms with Crippen molar-refractivity contribution in [3.8, 4) is 0 Å². The maximum Gasteiger partial charge on any atom is 0.252 e. The van der Waals surface area contributed by atoms with E-state index >= 15 is 0 Å². The molecular weight excluding hydrogens is 340 g/mol. The van der Waals surface area contributed by atoms with Gasteiger partial charge in [0.1, 0.15) is 0 Å². The van der Waals surface area contributed by atoms with Gasteiger partial charge in [-0.15, -0.1) is 0 Å². The highest BCUT2D eigenvalue weighted by Gasteiger charge is 2.29. The number of nitrogens with zero attached hydrogens (tertiary/aromatic N) is 3. The molecule has 0 atom stereocenters. The number of amides is 1. The summed E-state index contributed by atoms with van der Waals surface area (Å²) in [5, 5.41) is 7.12. The van der Waals surface area contributed by atoms with E-state index in [4.69, 9.17) is 0 Å². The number of benzene rings is 1. The van der Waals surface area contributed by atoms with Gasteiger partial charge in [-0.25, -0.2) is 8.42 Å². The van der Waals surface area contributed by atoms with Crippen molar-refractivity contribution in [3.05, 3.63) is 47.8 Å². The molecule has 1 saturated heterocycles. The Morgan fingerprint density at radius 1 is 1.32 bits per heavy atom. The third-order valence-electron chi connectivity index (χ3n) is 4.35. The van der Waals surface area contributed by atoms with E-state index in [1.807, 2.05) is 27.1 Å². The Morgan fingerprint density at radius 3 is 2.68 bits per heavy atom. The molecule has 0 spiro atoms. The van der Waals surface area contributed by atoms with E-state index in [1.54, 1.807) is 35.1 Å². The van der Waals surface area contributed by atoms with Gasteiger partial charge < -0.3 is 5.32 Å².